The lowest BCUT2D eigenvalue weighted by Gasteiger charge is -2.36. The van der Waals surface area contributed by atoms with Crippen LogP contribution in [-0.4, -0.2) is 44.1 Å². The van der Waals surface area contributed by atoms with Crippen molar-refractivity contribution in [3.63, 3.8) is 0 Å². The third-order valence-corrected chi connectivity index (χ3v) is 4.81. The van der Waals surface area contributed by atoms with Gasteiger partial charge in [-0.15, -0.1) is 0 Å². The Morgan fingerprint density at radius 3 is 2.28 bits per heavy atom. The van der Waals surface area contributed by atoms with Gasteiger partial charge in [0.1, 0.15) is 5.75 Å². The van der Waals surface area contributed by atoms with Gasteiger partial charge < -0.3 is 14.5 Å². The number of nitrogens with zero attached hydrogens (tertiary/aromatic N) is 2. The predicted molar refractivity (Wildman–Crippen MR) is 102 cm³/mol. The van der Waals surface area contributed by atoms with Crippen LogP contribution < -0.4 is 9.64 Å². The standard InChI is InChI=1S/C21H26N2O2/c1-16(2)17-7-9-18(10-8-17)21(24)23-13-11-22(12-14-23)19-5-4-6-20(15-19)25-3/h4-10,15-16H,11-14H2,1-3H3. The number of methoxy groups -OCH3 is 1. The van der Waals surface area contributed by atoms with Crippen LogP contribution in [0.25, 0.3) is 0 Å². The van der Waals surface area contributed by atoms with E-state index in [9.17, 15) is 4.79 Å². The SMILES string of the molecule is COc1cccc(N2CCN(C(=O)c3ccc(C(C)C)cc3)CC2)c1. The Bertz CT molecular complexity index is 717. The maximum Gasteiger partial charge on any atom is 0.253 e. The molecule has 2 aromatic carbocycles. The molecule has 1 heterocycles. The van der Waals surface area contributed by atoms with Crippen molar-refractivity contribution in [2.45, 2.75) is 19.8 Å². The topological polar surface area (TPSA) is 32.8 Å². The van der Waals surface area contributed by atoms with Gasteiger partial charge in [-0.2, -0.15) is 0 Å². The number of amides is 1. The van der Waals surface area contributed by atoms with Crippen molar-refractivity contribution in [3.05, 3.63) is 59.7 Å². The van der Waals surface area contributed by atoms with Gasteiger partial charge in [-0.3, -0.25) is 4.79 Å². The fourth-order valence-corrected chi connectivity index (χ4v) is 3.17. The molecule has 0 aromatic heterocycles. The van der Waals surface area contributed by atoms with E-state index in [1.807, 2.05) is 35.2 Å². The van der Waals surface area contributed by atoms with Gasteiger partial charge in [0.25, 0.3) is 5.91 Å². The van der Waals surface area contributed by atoms with Crippen LogP contribution in [0.15, 0.2) is 48.5 Å². The van der Waals surface area contributed by atoms with Crippen LogP contribution in [0.5, 0.6) is 5.75 Å². The molecule has 0 spiro atoms. The number of piperazine rings is 1. The average molecular weight is 338 g/mol. The molecule has 3 rings (SSSR count). The van der Waals surface area contributed by atoms with E-state index in [0.717, 1.165) is 43.2 Å². The number of rotatable bonds is 4. The van der Waals surface area contributed by atoms with Crippen LogP contribution >= 0.6 is 0 Å². The first-order valence-electron chi connectivity index (χ1n) is 8.86. The fourth-order valence-electron chi connectivity index (χ4n) is 3.17. The molecule has 0 N–H and O–H groups in total. The second-order valence-electron chi connectivity index (χ2n) is 6.76. The minimum absolute atomic E-state index is 0.126. The second kappa shape index (κ2) is 7.60. The average Bonchev–Trinajstić information content (AvgIpc) is 2.67. The molecule has 4 heteroatoms. The maximum absolute atomic E-state index is 12.7. The Morgan fingerprint density at radius 2 is 1.68 bits per heavy atom. The largest absolute Gasteiger partial charge is 0.497 e. The lowest BCUT2D eigenvalue weighted by molar-refractivity contribution is 0.0746. The molecule has 0 saturated carbocycles. The van der Waals surface area contributed by atoms with Crippen molar-refractivity contribution < 1.29 is 9.53 Å². The van der Waals surface area contributed by atoms with Gasteiger partial charge in [0.15, 0.2) is 0 Å². The van der Waals surface area contributed by atoms with Gasteiger partial charge in [-0.1, -0.05) is 32.0 Å². The minimum Gasteiger partial charge on any atom is -0.497 e. The number of ether oxygens (including phenoxy) is 1. The summed E-state index contributed by atoms with van der Waals surface area (Å²) in [5, 5.41) is 0. The number of carbonyl (C=O) groups is 1. The van der Waals surface area contributed by atoms with E-state index in [-0.39, 0.29) is 5.91 Å². The molecule has 132 valence electrons. The summed E-state index contributed by atoms with van der Waals surface area (Å²) in [6.07, 6.45) is 0. The van der Waals surface area contributed by atoms with E-state index in [4.69, 9.17) is 4.74 Å². The molecule has 0 radical (unpaired) electrons. The Balaban J connectivity index is 1.62. The number of hydrogen-bond acceptors (Lipinski definition) is 3. The van der Waals surface area contributed by atoms with Crippen LogP contribution in [0.4, 0.5) is 5.69 Å². The molecule has 0 unspecified atom stereocenters. The van der Waals surface area contributed by atoms with Crippen LogP contribution in [0.1, 0.15) is 35.7 Å². The lowest BCUT2D eigenvalue weighted by atomic mass is 10.0. The highest BCUT2D eigenvalue weighted by Gasteiger charge is 2.22. The van der Waals surface area contributed by atoms with Crippen LogP contribution in [0.3, 0.4) is 0 Å². The number of benzene rings is 2. The van der Waals surface area contributed by atoms with Crippen molar-refractivity contribution >= 4 is 11.6 Å². The normalized spacial score (nSPS) is 14.7. The first kappa shape index (κ1) is 17.3. The fraction of sp³-hybridized carbons (Fsp3) is 0.381. The summed E-state index contributed by atoms with van der Waals surface area (Å²) >= 11 is 0. The third kappa shape index (κ3) is 3.95. The minimum atomic E-state index is 0.126. The highest BCUT2D eigenvalue weighted by atomic mass is 16.5. The Labute approximate surface area is 150 Å². The van der Waals surface area contributed by atoms with E-state index in [0.29, 0.717) is 5.92 Å². The summed E-state index contributed by atoms with van der Waals surface area (Å²) in [5.74, 6) is 1.47. The molecule has 1 saturated heterocycles. The van der Waals surface area contributed by atoms with Crippen molar-refractivity contribution in [1.82, 2.24) is 4.90 Å². The monoisotopic (exact) mass is 338 g/mol. The first-order chi connectivity index (χ1) is 12.1. The quantitative estimate of drug-likeness (QED) is 0.850. The molecular weight excluding hydrogens is 312 g/mol. The zero-order chi connectivity index (χ0) is 17.8. The van der Waals surface area contributed by atoms with Gasteiger partial charge in [0, 0.05) is 43.5 Å². The molecule has 0 bridgehead atoms. The highest BCUT2D eigenvalue weighted by molar-refractivity contribution is 5.94. The van der Waals surface area contributed by atoms with E-state index < -0.39 is 0 Å². The Hall–Kier alpha value is -2.49. The predicted octanol–water partition coefficient (Wildman–Crippen LogP) is 3.78. The van der Waals surface area contributed by atoms with Gasteiger partial charge in [-0.25, -0.2) is 0 Å². The van der Waals surface area contributed by atoms with Gasteiger partial charge in [0.05, 0.1) is 7.11 Å². The van der Waals surface area contributed by atoms with Gasteiger partial charge >= 0.3 is 0 Å². The number of carbonyl (C=O) groups excluding carboxylic acids is 1. The van der Waals surface area contributed by atoms with Crippen molar-refractivity contribution in [2.24, 2.45) is 0 Å². The molecule has 4 nitrogen and oxygen atoms in total. The molecule has 1 aliphatic heterocycles. The summed E-state index contributed by atoms with van der Waals surface area (Å²) in [6, 6.07) is 16.1. The van der Waals surface area contributed by atoms with E-state index in [1.54, 1.807) is 7.11 Å². The molecular formula is C21H26N2O2. The van der Waals surface area contributed by atoms with Gasteiger partial charge in [-0.05, 0) is 35.7 Å². The number of anilines is 1. The zero-order valence-electron chi connectivity index (χ0n) is 15.2. The summed E-state index contributed by atoms with van der Waals surface area (Å²) in [7, 11) is 1.68. The molecule has 1 fully saturated rings. The van der Waals surface area contributed by atoms with Gasteiger partial charge in [0.2, 0.25) is 0 Å². The summed E-state index contributed by atoms with van der Waals surface area (Å²) in [6.45, 7) is 7.47. The molecule has 25 heavy (non-hydrogen) atoms. The van der Waals surface area contributed by atoms with E-state index in [1.165, 1.54) is 5.56 Å². The molecule has 1 amide bonds. The van der Waals surface area contributed by atoms with Crippen molar-refractivity contribution in [1.29, 1.82) is 0 Å². The van der Waals surface area contributed by atoms with E-state index >= 15 is 0 Å². The Kier molecular flexibility index (Phi) is 5.27. The Morgan fingerprint density at radius 1 is 1.00 bits per heavy atom. The lowest BCUT2D eigenvalue weighted by Crippen LogP contribution is -2.48. The maximum atomic E-state index is 12.7. The second-order valence-corrected chi connectivity index (χ2v) is 6.76. The molecule has 2 aromatic rings. The first-order valence-corrected chi connectivity index (χ1v) is 8.86. The van der Waals surface area contributed by atoms with Crippen molar-refractivity contribution in [2.75, 3.05) is 38.2 Å². The zero-order valence-corrected chi connectivity index (χ0v) is 15.2. The van der Waals surface area contributed by atoms with E-state index in [2.05, 4.69) is 36.9 Å². The summed E-state index contributed by atoms with van der Waals surface area (Å²) in [5.41, 5.74) is 3.19. The summed E-state index contributed by atoms with van der Waals surface area (Å²) < 4.78 is 5.30. The third-order valence-electron chi connectivity index (χ3n) is 4.81. The van der Waals surface area contributed by atoms with Crippen LogP contribution in [-0.2, 0) is 0 Å². The van der Waals surface area contributed by atoms with Crippen LogP contribution in [0.2, 0.25) is 0 Å². The summed E-state index contributed by atoms with van der Waals surface area (Å²) in [4.78, 5) is 17.0. The molecule has 0 aliphatic carbocycles. The smallest absolute Gasteiger partial charge is 0.253 e. The number of hydrogen-bond donors (Lipinski definition) is 0. The van der Waals surface area contributed by atoms with Crippen LogP contribution in [0, 0.1) is 0 Å². The van der Waals surface area contributed by atoms with Crippen molar-refractivity contribution in [3.8, 4) is 5.75 Å². The molecule has 1 aliphatic rings. The highest BCUT2D eigenvalue weighted by Crippen LogP contribution is 2.23. The molecule has 0 atom stereocenters.